The van der Waals surface area contributed by atoms with Crippen molar-refractivity contribution in [3.8, 4) is 0 Å². The number of nitrogens with one attached hydrogen (secondary N) is 1. The number of amides is 2. The summed E-state index contributed by atoms with van der Waals surface area (Å²) in [4.78, 5) is 15.0. The van der Waals surface area contributed by atoms with Crippen LogP contribution in [0.5, 0.6) is 0 Å². The third kappa shape index (κ3) is 5.43. The van der Waals surface area contributed by atoms with Crippen molar-refractivity contribution in [2.24, 2.45) is 5.92 Å². The molecule has 0 radical (unpaired) electrons. The van der Waals surface area contributed by atoms with E-state index in [-0.39, 0.29) is 6.03 Å². The molecule has 2 unspecified atom stereocenters. The van der Waals surface area contributed by atoms with Gasteiger partial charge in [0, 0.05) is 29.4 Å². The number of rotatable bonds is 7. The molecule has 0 aromatic heterocycles. The maximum Gasteiger partial charge on any atom is 0.321 e. The number of aryl methyl sites for hydroxylation is 1. The van der Waals surface area contributed by atoms with Crippen LogP contribution in [0.25, 0.3) is 0 Å². The van der Waals surface area contributed by atoms with Gasteiger partial charge in [-0.15, -0.1) is 11.8 Å². The Balaban J connectivity index is 1.91. The third-order valence-corrected chi connectivity index (χ3v) is 5.59. The van der Waals surface area contributed by atoms with Crippen LogP contribution in [-0.2, 0) is 0 Å². The lowest BCUT2D eigenvalue weighted by atomic mass is 10.2. The van der Waals surface area contributed by atoms with E-state index in [1.54, 1.807) is 11.9 Å². The predicted octanol–water partition coefficient (Wildman–Crippen LogP) is 4.12. The molecule has 4 nitrogen and oxygen atoms in total. The largest absolute Gasteiger partial charge is 0.391 e. The number of carbonyl (C=O) groups is 1. The van der Waals surface area contributed by atoms with Gasteiger partial charge in [-0.25, -0.2) is 4.79 Å². The van der Waals surface area contributed by atoms with Crippen LogP contribution >= 0.6 is 11.8 Å². The molecule has 0 aliphatic heterocycles. The zero-order valence-electron chi connectivity index (χ0n) is 14.5. The zero-order valence-corrected chi connectivity index (χ0v) is 15.3. The van der Waals surface area contributed by atoms with Crippen LogP contribution < -0.4 is 5.32 Å². The molecule has 5 heteroatoms. The Morgan fingerprint density at radius 2 is 2.17 bits per heavy atom. The van der Waals surface area contributed by atoms with E-state index in [4.69, 9.17) is 0 Å². The number of hydrogen-bond acceptors (Lipinski definition) is 3. The molecule has 1 fully saturated rings. The summed E-state index contributed by atoms with van der Waals surface area (Å²) in [6.07, 6.45) is 2.88. The van der Waals surface area contributed by atoms with E-state index in [2.05, 4.69) is 31.3 Å². The first-order valence-electron chi connectivity index (χ1n) is 8.38. The van der Waals surface area contributed by atoms with E-state index in [0.29, 0.717) is 17.7 Å². The lowest BCUT2D eigenvalue weighted by Gasteiger charge is -2.22. The van der Waals surface area contributed by atoms with Crippen molar-refractivity contribution in [3.05, 3.63) is 23.8 Å². The van der Waals surface area contributed by atoms with Gasteiger partial charge in [-0.05, 0) is 55.9 Å². The number of benzene rings is 1. The van der Waals surface area contributed by atoms with Crippen molar-refractivity contribution in [2.45, 2.75) is 56.3 Å². The van der Waals surface area contributed by atoms with Crippen molar-refractivity contribution in [2.75, 3.05) is 18.9 Å². The fraction of sp³-hybridized carbons (Fsp3) is 0.611. The number of hydrogen-bond donors (Lipinski definition) is 2. The standard InChI is InChI=1S/C18H28N2O2S/c1-5-13(3)23-15-8-9-16(12(2)10-15)19-18(22)20(4)11-17(21)14-6-7-14/h8-10,13-14,17,21H,5-7,11H2,1-4H3,(H,19,22). The molecule has 1 aliphatic rings. The number of aliphatic hydroxyl groups is 1. The molecule has 2 N–H and O–H groups in total. The molecular weight excluding hydrogens is 308 g/mol. The fourth-order valence-electron chi connectivity index (χ4n) is 2.37. The number of aliphatic hydroxyl groups excluding tert-OH is 1. The van der Waals surface area contributed by atoms with Crippen LogP contribution in [0.15, 0.2) is 23.1 Å². The predicted molar refractivity (Wildman–Crippen MR) is 97.2 cm³/mol. The second kappa shape index (κ2) is 8.06. The lowest BCUT2D eigenvalue weighted by Crippen LogP contribution is -2.38. The SMILES string of the molecule is CCC(C)Sc1ccc(NC(=O)N(C)CC(O)C2CC2)c(C)c1. The summed E-state index contributed by atoms with van der Waals surface area (Å²) in [6, 6.07) is 5.96. The van der Waals surface area contributed by atoms with Crippen LogP contribution in [0.1, 0.15) is 38.7 Å². The summed E-state index contributed by atoms with van der Waals surface area (Å²) in [6.45, 7) is 6.80. The topological polar surface area (TPSA) is 52.6 Å². The Kier molecular flexibility index (Phi) is 6.36. The molecule has 1 aliphatic carbocycles. The normalized spacial score (nSPS) is 16.7. The summed E-state index contributed by atoms with van der Waals surface area (Å²) in [5.41, 5.74) is 1.89. The Hall–Kier alpha value is -1.20. The summed E-state index contributed by atoms with van der Waals surface area (Å²) < 4.78 is 0. The van der Waals surface area contributed by atoms with Crippen LogP contribution in [0.3, 0.4) is 0 Å². The van der Waals surface area contributed by atoms with E-state index in [1.807, 2.05) is 24.8 Å². The first-order chi connectivity index (χ1) is 10.9. The molecule has 1 aromatic rings. The molecule has 128 valence electrons. The number of carbonyl (C=O) groups excluding carboxylic acids is 1. The van der Waals surface area contributed by atoms with Crippen molar-refractivity contribution >= 4 is 23.5 Å². The Bertz CT molecular complexity index is 546. The molecular formula is C18H28N2O2S. The Morgan fingerprint density at radius 1 is 1.48 bits per heavy atom. The van der Waals surface area contributed by atoms with Gasteiger partial charge in [-0.1, -0.05) is 13.8 Å². The van der Waals surface area contributed by atoms with Gasteiger partial charge >= 0.3 is 6.03 Å². The van der Waals surface area contributed by atoms with Crippen molar-refractivity contribution in [3.63, 3.8) is 0 Å². The Morgan fingerprint density at radius 3 is 2.74 bits per heavy atom. The van der Waals surface area contributed by atoms with Crippen LogP contribution in [0.2, 0.25) is 0 Å². The summed E-state index contributed by atoms with van der Waals surface area (Å²) in [5, 5.41) is 13.5. The summed E-state index contributed by atoms with van der Waals surface area (Å²) >= 11 is 1.85. The molecule has 0 spiro atoms. The molecule has 1 saturated carbocycles. The average molecular weight is 337 g/mol. The molecule has 2 amide bonds. The first-order valence-corrected chi connectivity index (χ1v) is 9.26. The Labute approximate surface area is 143 Å². The average Bonchev–Trinajstić information content (AvgIpc) is 3.34. The van der Waals surface area contributed by atoms with E-state index in [9.17, 15) is 9.90 Å². The molecule has 0 heterocycles. The minimum absolute atomic E-state index is 0.171. The summed E-state index contributed by atoms with van der Waals surface area (Å²) in [7, 11) is 1.73. The zero-order chi connectivity index (χ0) is 17.0. The minimum Gasteiger partial charge on any atom is -0.391 e. The molecule has 0 bridgehead atoms. The quantitative estimate of drug-likeness (QED) is 0.737. The molecule has 2 atom stereocenters. The second-order valence-electron chi connectivity index (χ2n) is 6.53. The van der Waals surface area contributed by atoms with Crippen molar-refractivity contribution in [1.29, 1.82) is 0 Å². The number of thioether (sulfide) groups is 1. The number of urea groups is 1. The van der Waals surface area contributed by atoms with Crippen LogP contribution in [0, 0.1) is 12.8 Å². The van der Waals surface area contributed by atoms with E-state index >= 15 is 0 Å². The van der Waals surface area contributed by atoms with Gasteiger partial charge in [0.15, 0.2) is 0 Å². The molecule has 1 aromatic carbocycles. The molecule has 2 rings (SSSR count). The highest BCUT2D eigenvalue weighted by Crippen LogP contribution is 2.33. The third-order valence-electron chi connectivity index (χ3n) is 4.33. The lowest BCUT2D eigenvalue weighted by molar-refractivity contribution is 0.117. The van der Waals surface area contributed by atoms with Gasteiger partial charge in [0.05, 0.1) is 6.10 Å². The maximum absolute atomic E-state index is 12.3. The monoisotopic (exact) mass is 336 g/mol. The van der Waals surface area contributed by atoms with Gasteiger partial charge < -0.3 is 15.3 Å². The van der Waals surface area contributed by atoms with E-state index in [0.717, 1.165) is 30.5 Å². The number of anilines is 1. The first kappa shape index (κ1) is 18.1. The number of nitrogens with zero attached hydrogens (tertiary/aromatic N) is 1. The summed E-state index contributed by atoms with van der Waals surface area (Å²) in [5.74, 6) is 0.379. The smallest absolute Gasteiger partial charge is 0.321 e. The van der Waals surface area contributed by atoms with E-state index < -0.39 is 6.10 Å². The van der Waals surface area contributed by atoms with Crippen LogP contribution in [-0.4, -0.2) is 41.0 Å². The van der Waals surface area contributed by atoms with Crippen molar-refractivity contribution < 1.29 is 9.90 Å². The van der Waals surface area contributed by atoms with Gasteiger partial charge in [0.1, 0.15) is 0 Å². The second-order valence-corrected chi connectivity index (χ2v) is 8.04. The highest BCUT2D eigenvalue weighted by atomic mass is 32.2. The highest BCUT2D eigenvalue weighted by molar-refractivity contribution is 7.99. The molecule has 0 saturated heterocycles. The van der Waals surface area contributed by atoms with Gasteiger partial charge in [0.2, 0.25) is 0 Å². The fourth-order valence-corrected chi connectivity index (χ4v) is 3.39. The van der Waals surface area contributed by atoms with Gasteiger partial charge in [0.25, 0.3) is 0 Å². The van der Waals surface area contributed by atoms with Gasteiger partial charge in [-0.2, -0.15) is 0 Å². The highest BCUT2D eigenvalue weighted by Gasteiger charge is 2.31. The van der Waals surface area contributed by atoms with Crippen molar-refractivity contribution in [1.82, 2.24) is 4.90 Å². The van der Waals surface area contributed by atoms with Crippen LogP contribution in [0.4, 0.5) is 10.5 Å². The molecule has 23 heavy (non-hydrogen) atoms. The number of likely N-dealkylation sites (N-methyl/N-ethyl adjacent to an activating group) is 1. The minimum atomic E-state index is -0.402. The van der Waals surface area contributed by atoms with Gasteiger partial charge in [-0.3, -0.25) is 0 Å². The van der Waals surface area contributed by atoms with E-state index in [1.165, 1.54) is 4.90 Å². The maximum atomic E-state index is 12.3.